The van der Waals surface area contributed by atoms with Gasteiger partial charge in [0, 0.05) is 6.54 Å². The lowest BCUT2D eigenvalue weighted by molar-refractivity contribution is 0.0921. The molecule has 0 saturated heterocycles. The molecule has 0 radical (unpaired) electrons. The zero-order chi connectivity index (χ0) is 6.41. The molecule has 0 aliphatic heterocycles. The van der Waals surface area contributed by atoms with Crippen LogP contribution in [0.2, 0.25) is 0 Å². The van der Waals surface area contributed by atoms with Gasteiger partial charge in [0.2, 0.25) is 0 Å². The summed E-state index contributed by atoms with van der Waals surface area (Å²) in [4.78, 5) is 0. The van der Waals surface area contributed by atoms with Crippen LogP contribution in [0.1, 0.15) is 0 Å². The van der Waals surface area contributed by atoms with Crippen molar-refractivity contribution in [3.8, 4) is 0 Å². The molecule has 0 aromatic heterocycles. The molecule has 0 aliphatic rings. The Kier molecular flexibility index (Phi) is 4.89. The number of hydrogen-bond donors (Lipinski definition) is 4. The molecule has 1 unspecified atom stereocenters. The molecule has 50 valence electrons. The van der Waals surface area contributed by atoms with E-state index in [1.807, 2.05) is 0 Å². The van der Waals surface area contributed by atoms with E-state index in [1.165, 1.54) is 0 Å². The minimum Gasteiger partial charge on any atom is -0.394 e. The smallest absolute Gasteiger partial charge is 0.0908 e. The van der Waals surface area contributed by atoms with Crippen LogP contribution in [0.5, 0.6) is 0 Å². The monoisotopic (exact) mass is 120 g/mol. The highest BCUT2D eigenvalue weighted by Gasteiger charge is 1.96. The summed E-state index contributed by atoms with van der Waals surface area (Å²) in [5.41, 5.74) is 5.25. The standard InChI is InChI=1S/C4H12N2O2/c1-5-6-2-4(8)3-7/h4-8H,2-3H2,1H3. The molecule has 0 saturated carbocycles. The van der Waals surface area contributed by atoms with Crippen molar-refractivity contribution in [2.75, 3.05) is 20.2 Å². The molecular formula is C4H12N2O2. The van der Waals surface area contributed by atoms with E-state index < -0.39 is 6.10 Å². The summed E-state index contributed by atoms with van der Waals surface area (Å²) in [6, 6.07) is 0. The van der Waals surface area contributed by atoms with Gasteiger partial charge in [-0.25, -0.2) is 0 Å². The molecule has 0 aromatic rings. The van der Waals surface area contributed by atoms with E-state index in [2.05, 4.69) is 10.9 Å². The second-order valence-corrected chi connectivity index (χ2v) is 1.47. The van der Waals surface area contributed by atoms with E-state index in [9.17, 15) is 0 Å². The second kappa shape index (κ2) is 4.99. The van der Waals surface area contributed by atoms with Crippen LogP contribution in [-0.2, 0) is 0 Å². The van der Waals surface area contributed by atoms with Gasteiger partial charge in [0.05, 0.1) is 12.7 Å². The van der Waals surface area contributed by atoms with Gasteiger partial charge >= 0.3 is 0 Å². The van der Waals surface area contributed by atoms with E-state index in [0.717, 1.165) is 0 Å². The predicted octanol–water partition coefficient (Wildman–Crippen LogP) is -1.94. The summed E-state index contributed by atoms with van der Waals surface area (Å²) in [6.45, 7) is 0.168. The number of hydrazine groups is 1. The van der Waals surface area contributed by atoms with Crippen LogP contribution in [-0.4, -0.2) is 36.5 Å². The molecule has 0 aromatic carbocycles. The Hall–Kier alpha value is -0.160. The molecule has 1 atom stereocenters. The highest BCUT2D eigenvalue weighted by Crippen LogP contribution is 1.72. The normalized spacial score (nSPS) is 13.9. The maximum atomic E-state index is 8.64. The van der Waals surface area contributed by atoms with Crippen molar-refractivity contribution < 1.29 is 10.2 Å². The molecule has 8 heavy (non-hydrogen) atoms. The molecule has 0 heterocycles. The fraction of sp³-hybridized carbons (Fsp3) is 1.00. The van der Waals surface area contributed by atoms with E-state index >= 15 is 0 Å². The number of nitrogens with one attached hydrogen (secondary N) is 2. The van der Waals surface area contributed by atoms with Crippen molar-refractivity contribution in [2.45, 2.75) is 6.10 Å². The zero-order valence-corrected chi connectivity index (χ0v) is 4.89. The number of hydrogen-bond acceptors (Lipinski definition) is 4. The minimum atomic E-state index is -0.664. The van der Waals surface area contributed by atoms with Crippen molar-refractivity contribution in [3.63, 3.8) is 0 Å². The SMILES string of the molecule is CNNCC(O)CO. The first-order valence-electron chi connectivity index (χ1n) is 2.49. The van der Waals surface area contributed by atoms with Gasteiger partial charge in [-0.15, -0.1) is 0 Å². The summed E-state index contributed by atoms with van der Waals surface area (Å²) in [6.07, 6.45) is -0.664. The Bertz CT molecular complexity index is 51.3. The van der Waals surface area contributed by atoms with Gasteiger partial charge in [-0.3, -0.25) is 10.9 Å². The molecule has 0 rings (SSSR count). The molecule has 0 aliphatic carbocycles. The quantitative estimate of drug-likeness (QED) is 0.326. The molecule has 4 N–H and O–H groups in total. The van der Waals surface area contributed by atoms with Crippen LogP contribution in [0.25, 0.3) is 0 Å². The Morgan fingerprint density at radius 1 is 1.62 bits per heavy atom. The third kappa shape index (κ3) is 4.01. The topological polar surface area (TPSA) is 64.5 Å². The average Bonchev–Trinajstić information content (AvgIpc) is 1.83. The van der Waals surface area contributed by atoms with Gasteiger partial charge < -0.3 is 10.2 Å². The molecular weight excluding hydrogens is 108 g/mol. The first-order chi connectivity index (χ1) is 3.81. The lowest BCUT2D eigenvalue weighted by atomic mass is 10.4. The molecule has 0 fully saturated rings. The van der Waals surface area contributed by atoms with Crippen LogP contribution in [0.3, 0.4) is 0 Å². The lowest BCUT2D eigenvalue weighted by Crippen LogP contribution is -2.36. The summed E-state index contributed by atoms with van der Waals surface area (Å²) < 4.78 is 0. The van der Waals surface area contributed by atoms with E-state index in [1.54, 1.807) is 7.05 Å². The number of rotatable bonds is 4. The summed E-state index contributed by atoms with van der Waals surface area (Å²) >= 11 is 0. The first kappa shape index (κ1) is 7.84. The second-order valence-electron chi connectivity index (χ2n) is 1.47. The third-order valence-electron chi connectivity index (χ3n) is 0.725. The maximum Gasteiger partial charge on any atom is 0.0908 e. The fourth-order valence-corrected chi connectivity index (χ4v) is 0.284. The summed E-state index contributed by atoms with van der Waals surface area (Å²) in [7, 11) is 1.70. The van der Waals surface area contributed by atoms with Crippen molar-refractivity contribution in [3.05, 3.63) is 0 Å². The highest BCUT2D eigenvalue weighted by atomic mass is 16.3. The third-order valence-corrected chi connectivity index (χ3v) is 0.725. The number of aliphatic hydroxyl groups is 2. The van der Waals surface area contributed by atoms with Gasteiger partial charge in [-0.2, -0.15) is 0 Å². The molecule has 0 amide bonds. The van der Waals surface area contributed by atoms with Gasteiger partial charge in [-0.05, 0) is 7.05 Å². The van der Waals surface area contributed by atoms with Crippen LogP contribution >= 0.6 is 0 Å². The Morgan fingerprint density at radius 3 is 2.62 bits per heavy atom. The van der Waals surface area contributed by atoms with Crippen LogP contribution in [0.15, 0.2) is 0 Å². The Morgan fingerprint density at radius 2 is 2.25 bits per heavy atom. The number of aliphatic hydroxyl groups excluding tert-OH is 2. The maximum absolute atomic E-state index is 8.64. The van der Waals surface area contributed by atoms with Crippen LogP contribution in [0.4, 0.5) is 0 Å². The summed E-state index contributed by atoms with van der Waals surface area (Å²) in [5.74, 6) is 0. The molecule has 4 heteroatoms. The van der Waals surface area contributed by atoms with Crippen molar-refractivity contribution >= 4 is 0 Å². The first-order valence-corrected chi connectivity index (χ1v) is 2.49. The van der Waals surface area contributed by atoms with Crippen molar-refractivity contribution in [1.82, 2.24) is 10.9 Å². The van der Waals surface area contributed by atoms with E-state index in [-0.39, 0.29) is 6.61 Å². The van der Waals surface area contributed by atoms with Gasteiger partial charge in [0.1, 0.15) is 0 Å². The van der Waals surface area contributed by atoms with Gasteiger partial charge in [-0.1, -0.05) is 0 Å². The zero-order valence-electron chi connectivity index (χ0n) is 4.89. The van der Waals surface area contributed by atoms with Crippen molar-refractivity contribution in [2.24, 2.45) is 0 Å². The average molecular weight is 120 g/mol. The highest BCUT2D eigenvalue weighted by molar-refractivity contribution is 4.51. The predicted molar refractivity (Wildman–Crippen MR) is 30.2 cm³/mol. The Balaban J connectivity index is 2.86. The fourth-order valence-electron chi connectivity index (χ4n) is 0.284. The van der Waals surface area contributed by atoms with Crippen LogP contribution in [0, 0.1) is 0 Å². The van der Waals surface area contributed by atoms with Crippen molar-refractivity contribution in [1.29, 1.82) is 0 Å². The lowest BCUT2D eigenvalue weighted by Gasteiger charge is -2.05. The van der Waals surface area contributed by atoms with E-state index in [4.69, 9.17) is 10.2 Å². The molecule has 4 nitrogen and oxygen atoms in total. The molecule has 0 spiro atoms. The van der Waals surface area contributed by atoms with Gasteiger partial charge in [0.15, 0.2) is 0 Å². The minimum absolute atomic E-state index is 0.200. The summed E-state index contributed by atoms with van der Waals surface area (Å²) in [5, 5.41) is 16.9. The van der Waals surface area contributed by atoms with Gasteiger partial charge in [0.25, 0.3) is 0 Å². The Labute approximate surface area is 48.5 Å². The van der Waals surface area contributed by atoms with E-state index in [0.29, 0.717) is 6.54 Å². The largest absolute Gasteiger partial charge is 0.394 e. The molecule has 0 bridgehead atoms. The van der Waals surface area contributed by atoms with Crippen LogP contribution < -0.4 is 10.9 Å².